The summed E-state index contributed by atoms with van der Waals surface area (Å²) in [6.45, 7) is 0.0607. The number of hydrogen-bond acceptors (Lipinski definition) is 4. The van der Waals surface area contributed by atoms with Gasteiger partial charge in [-0.2, -0.15) is 4.98 Å². The highest BCUT2D eigenvalue weighted by atomic mass is 35.5. The number of ether oxygens (including phenoxy) is 1. The second kappa shape index (κ2) is 5.93. The molecular formula is C15H10ClFN2O2. The highest BCUT2D eigenvalue weighted by Crippen LogP contribution is 2.25. The molecule has 6 heteroatoms. The van der Waals surface area contributed by atoms with E-state index in [4.69, 9.17) is 20.9 Å². The van der Waals surface area contributed by atoms with Gasteiger partial charge in [0.05, 0.1) is 5.02 Å². The van der Waals surface area contributed by atoms with Gasteiger partial charge in [0.1, 0.15) is 11.6 Å². The normalized spacial score (nSPS) is 10.6. The second-order valence-electron chi connectivity index (χ2n) is 4.24. The molecule has 2 aromatic carbocycles. The molecule has 4 nitrogen and oxygen atoms in total. The predicted molar refractivity (Wildman–Crippen MR) is 75.5 cm³/mol. The van der Waals surface area contributed by atoms with Crippen molar-refractivity contribution < 1.29 is 13.7 Å². The minimum absolute atomic E-state index is 0.0607. The Kier molecular flexibility index (Phi) is 3.83. The summed E-state index contributed by atoms with van der Waals surface area (Å²) >= 11 is 5.87. The molecule has 0 bridgehead atoms. The van der Waals surface area contributed by atoms with Gasteiger partial charge in [-0.15, -0.1) is 0 Å². The van der Waals surface area contributed by atoms with E-state index in [0.717, 1.165) is 5.56 Å². The van der Waals surface area contributed by atoms with Crippen LogP contribution in [0.1, 0.15) is 5.89 Å². The van der Waals surface area contributed by atoms with Crippen LogP contribution in [-0.4, -0.2) is 10.1 Å². The van der Waals surface area contributed by atoms with Gasteiger partial charge in [0.2, 0.25) is 5.82 Å². The molecule has 1 heterocycles. The van der Waals surface area contributed by atoms with E-state index in [-0.39, 0.29) is 11.6 Å². The van der Waals surface area contributed by atoms with E-state index in [9.17, 15) is 4.39 Å². The molecule has 0 unspecified atom stereocenters. The van der Waals surface area contributed by atoms with Crippen molar-refractivity contribution in [2.45, 2.75) is 6.61 Å². The van der Waals surface area contributed by atoms with Crippen molar-refractivity contribution in [1.29, 1.82) is 0 Å². The SMILES string of the molecule is Fc1ccc(OCc2nc(-c3ccccc3)no2)c(Cl)c1. The van der Waals surface area contributed by atoms with Crippen LogP contribution in [0.3, 0.4) is 0 Å². The molecule has 0 radical (unpaired) electrons. The molecule has 3 aromatic rings. The van der Waals surface area contributed by atoms with E-state index in [1.807, 2.05) is 30.3 Å². The quantitative estimate of drug-likeness (QED) is 0.728. The highest BCUT2D eigenvalue weighted by molar-refractivity contribution is 6.32. The van der Waals surface area contributed by atoms with Crippen LogP contribution in [0.4, 0.5) is 4.39 Å². The van der Waals surface area contributed by atoms with Gasteiger partial charge < -0.3 is 9.26 Å². The van der Waals surface area contributed by atoms with E-state index in [2.05, 4.69) is 10.1 Å². The topological polar surface area (TPSA) is 48.2 Å². The van der Waals surface area contributed by atoms with Crippen molar-refractivity contribution in [1.82, 2.24) is 10.1 Å². The van der Waals surface area contributed by atoms with Crippen LogP contribution in [0.15, 0.2) is 53.1 Å². The Balaban J connectivity index is 1.70. The van der Waals surface area contributed by atoms with Crippen LogP contribution in [0, 0.1) is 5.82 Å². The summed E-state index contributed by atoms with van der Waals surface area (Å²) in [6, 6.07) is 13.3. The molecule has 0 atom stereocenters. The molecule has 0 saturated carbocycles. The van der Waals surface area contributed by atoms with Crippen molar-refractivity contribution in [3.8, 4) is 17.1 Å². The highest BCUT2D eigenvalue weighted by Gasteiger charge is 2.10. The summed E-state index contributed by atoms with van der Waals surface area (Å²) in [4.78, 5) is 4.22. The number of aromatic nitrogens is 2. The fourth-order valence-electron chi connectivity index (χ4n) is 1.75. The van der Waals surface area contributed by atoms with Gasteiger partial charge in [0.25, 0.3) is 5.89 Å². The molecule has 3 rings (SSSR count). The van der Waals surface area contributed by atoms with Gasteiger partial charge in [0.15, 0.2) is 6.61 Å². The molecule has 0 spiro atoms. The molecule has 0 N–H and O–H groups in total. The molecule has 0 fully saturated rings. The first-order chi connectivity index (χ1) is 10.2. The van der Waals surface area contributed by atoms with E-state index in [0.29, 0.717) is 17.5 Å². The third-order valence-electron chi connectivity index (χ3n) is 2.75. The van der Waals surface area contributed by atoms with Crippen molar-refractivity contribution in [3.63, 3.8) is 0 Å². The number of halogens is 2. The average molecular weight is 305 g/mol. The molecule has 0 aliphatic rings. The van der Waals surface area contributed by atoms with Gasteiger partial charge in [0, 0.05) is 5.56 Å². The molecular weight excluding hydrogens is 295 g/mol. The summed E-state index contributed by atoms with van der Waals surface area (Å²) in [5.41, 5.74) is 0.854. The maximum Gasteiger partial charge on any atom is 0.264 e. The smallest absolute Gasteiger partial charge is 0.264 e. The lowest BCUT2D eigenvalue weighted by molar-refractivity contribution is 0.243. The van der Waals surface area contributed by atoms with Gasteiger partial charge in [-0.25, -0.2) is 4.39 Å². The largest absolute Gasteiger partial charge is 0.482 e. The Labute approximate surface area is 125 Å². The van der Waals surface area contributed by atoms with Crippen molar-refractivity contribution in [2.75, 3.05) is 0 Å². The summed E-state index contributed by atoms with van der Waals surface area (Å²) in [6.07, 6.45) is 0. The molecule has 106 valence electrons. The lowest BCUT2D eigenvalue weighted by Crippen LogP contribution is -1.96. The Morgan fingerprint density at radius 1 is 1.14 bits per heavy atom. The van der Waals surface area contributed by atoms with Gasteiger partial charge in [-0.3, -0.25) is 0 Å². The summed E-state index contributed by atoms with van der Waals surface area (Å²) in [7, 11) is 0. The number of hydrogen-bond donors (Lipinski definition) is 0. The molecule has 1 aromatic heterocycles. The van der Waals surface area contributed by atoms with Gasteiger partial charge in [-0.05, 0) is 18.2 Å². The third-order valence-corrected chi connectivity index (χ3v) is 3.04. The van der Waals surface area contributed by atoms with Crippen LogP contribution in [-0.2, 0) is 6.61 Å². The zero-order chi connectivity index (χ0) is 14.7. The zero-order valence-electron chi connectivity index (χ0n) is 10.8. The monoisotopic (exact) mass is 304 g/mol. The zero-order valence-corrected chi connectivity index (χ0v) is 11.5. The first-order valence-corrected chi connectivity index (χ1v) is 6.56. The summed E-state index contributed by atoms with van der Waals surface area (Å²) in [5, 5.41) is 4.07. The Bertz CT molecular complexity index is 746. The molecule has 0 aliphatic carbocycles. The van der Waals surface area contributed by atoms with Crippen molar-refractivity contribution in [2.24, 2.45) is 0 Å². The molecule has 21 heavy (non-hydrogen) atoms. The van der Waals surface area contributed by atoms with Gasteiger partial charge in [-0.1, -0.05) is 47.1 Å². The fourth-order valence-corrected chi connectivity index (χ4v) is 1.97. The Morgan fingerprint density at radius 2 is 1.95 bits per heavy atom. The molecule has 0 amide bonds. The first-order valence-electron chi connectivity index (χ1n) is 6.18. The number of benzene rings is 2. The summed E-state index contributed by atoms with van der Waals surface area (Å²) < 4.78 is 23.5. The minimum atomic E-state index is -0.420. The van der Waals surface area contributed by atoms with E-state index >= 15 is 0 Å². The maximum atomic E-state index is 12.9. The number of nitrogens with zero attached hydrogens (tertiary/aromatic N) is 2. The standard InChI is InChI=1S/C15H10ClFN2O2/c16-12-8-11(17)6-7-13(12)20-9-14-18-15(19-21-14)10-4-2-1-3-5-10/h1-8H,9H2. The third kappa shape index (κ3) is 3.20. The molecule has 0 aliphatic heterocycles. The van der Waals surface area contributed by atoms with Crippen molar-refractivity contribution >= 4 is 11.6 Å². The van der Waals surface area contributed by atoms with E-state index in [1.165, 1.54) is 18.2 Å². The first kappa shape index (κ1) is 13.6. The summed E-state index contributed by atoms with van der Waals surface area (Å²) in [5.74, 6) is 0.739. The van der Waals surface area contributed by atoms with Crippen LogP contribution in [0.2, 0.25) is 5.02 Å². The predicted octanol–water partition coefficient (Wildman–Crippen LogP) is 4.11. The van der Waals surface area contributed by atoms with Gasteiger partial charge >= 0.3 is 0 Å². The van der Waals surface area contributed by atoms with Crippen LogP contribution < -0.4 is 4.74 Å². The average Bonchev–Trinajstić information content (AvgIpc) is 2.96. The molecule has 0 saturated heterocycles. The maximum absolute atomic E-state index is 12.9. The minimum Gasteiger partial charge on any atom is -0.482 e. The van der Waals surface area contributed by atoms with Crippen LogP contribution in [0.5, 0.6) is 5.75 Å². The second-order valence-corrected chi connectivity index (χ2v) is 4.65. The van der Waals surface area contributed by atoms with Crippen LogP contribution >= 0.6 is 11.6 Å². The van der Waals surface area contributed by atoms with Crippen molar-refractivity contribution in [3.05, 3.63) is 65.3 Å². The lowest BCUT2D eigenvalue weighted by atomic mass is 10.2. The fraction of sp³-hybridized carbons (Fsp3) is 0.0667. The Hall–Kier alpha value is -2.40. The van der Waals surface area contributed by atoms with E-state index < -0.39 is 5.82 Å². The van der Waals surface area contributed by atoms with E-state index in [1.54, 1.807) is 0 Å². The lowest BCUT2D eigenvalue weighted by Gasteiger charge is -2.04. The number of rotatable bonds is 4. The Morgan fingerprint density at radius 3 is 2.71 bits per heavy atom. The van der Waals surface area contributed by atoms with Crippen LogP contribution in [0.25, 0.3) is 11.4 Å².